The van der Waals surface area contributed by atoms with Gasteiger partial charge in [-0.3, -0.25) is 9.78 Å². The molecule has 0 aliphatic heterocycles. The summed E-state index contributed by atoms with van der Waals surface area (Å²) in [6, 6.07) is 3.26. The van der Waals surface area contributed by atoms with Crippen molar-refractivity contribution in [2.24, 2.45) is 0 Å². The molecule has 18 heavy (non-hydrogen) atoms. The molecule has 0 amide bonds. The lowest BCUT2D eigenvalue weighted by Crippen LogP contribution is -2.12. The Morgan fingerprint density at radius 1 is 1.17 bits per heavy atom. The van der Waals surface area contributed by atoms with Crippen molar-refractivity contribution < 1.29 is 19.1 Å². The number of aryl methyl sites for hydroxylation is 1. The third-order valence-electron chi connectivity index (χ3n) is 2.27. The zero-order valence-electron chi connectivity index (χ0n) is 10.9. The van der Waals surface area contributed by atoms with Crippen molar-refractivity contribution in [1.82, 2.24) is 4.98 Å². The summed E-state index contributed by atoms with van der Waals surface area (Å²) in [6.45, 7) is 5.87. The van der Waals surface area contributed by atoms with Gasteiger partial charge in [0.25, 0.3) is 0 Å². The van der Waals surface area contributed by atoms with Crippen LogP contribution in [-0.2, 0) is 20.7 Å². The van der Waals surface area contributed by atoms with Gasteiger partial charge in [0.15, 0.2) is 0 Å². The zero-order valence-corrected chi connectivity index (χ0v) is 10.9. The fourth-order valence-corrected chi connectivity index (χ4v) is 1.50. The average Bonchev–Trinajstić information content (AvgIpc) is 2.29. The average molecular weight is 251 g/mol. The van der Waals surface area contributed by atoms with Crippen LogP contribution in [0.5, 0.6) is 0 Å². The molecule has 0 fully saturated rings. The third-order valence-corrected chi connectivity index (χ3v) is 2.27. The summed E-state index contributed by atoms with van der Waals surface area (Å²) in [4.78, 5) is 27.0. The maximum absolute atomic E-state index is 11.5. The van der Waals surface area contributed by atoms with Crippen LogP contribution in [0.25, 0.3) is 0 Å². The van der Waals surface area contributed by atoms with E-state index in [0.29, 0.717) is 30.2 Å². The fourth-order valence-electron chi connectivity index (χ4n) is 1.50. The molecule has 1 aromatic heterocycles. The zero-order chi connectivity index (χ0) is 13.5. The van der Waals surface area contributed by atoms with Crippen molar-refractivity contribution in [2.75, 3.05) is 13.2 Å². The number of ether oxygens (including phenoxy) is 2. The van der Waals surface area contributed by atoms with Gasteiger partial charge >= 0.3 is 11.9 Å². The number of carbonyl (C=O) groups excluding carboxylic acids is 2. The molecule has 0 spiro atoms. The number of esters is 2. The van der Waals surface area contributed by atoms with E-state index in [0.717, 1.165) is 0 Å². The molecular formula is C13H17NO4. The lowest BCUT2D eigenvalue weighted by Gasteiger charge is -2.07. The van der Waals surface area contributed by atoms with Crippen LogP contribution in [0.15, 0.2) is 12.1 Å². The van der Waals surface area contributed by atoms with Crippen LogP contribution in [-0.4, -0.2) is 30.1 Å². The fraction of sp³-hybridized carbons (Fsp3) is 0.462. The molecular weight excluding hydrogens is 234 g/mol. The van der Waals surface area contributed by atoms with E-state index in [2.05, 4.69) is 4.98 Å². The van der Waals surface area contributed by atoms with Gasteiger partial charge in [-0.25, -0.2) is 4.79 Å². The molecule has 0 radical (unpaired) electrons. The van der Waals surface area contributed by atoms with Gasteiger partial charge in [-0.05, 0) is 32.9 Å². The predicted molar refractivity (Wildman–Crippen MR) is 65.3 cm³/mol. The van der Waals surface area contributed by atoms with E-state index in [9.17, 15) is 9.59 Å². The normalized spacial score (nSPS) is 9.94. The second-order valence-electron chi connectivity index (χ2n) is 3.64. The van der Waals surface area contributed by atoms with Crippen molar-refractivity contribution in [1.29, 1.82) is 0 Å². The van der Waals surface area contributed by atoms with E-state index in [1.54, 1.807) is 32.9 Å². The van der Waals surface area contributed by atoms with Crippen LogP contribution >= 0.6 is 0 Å². The van der Waals surface area contributed by atoms with Gasteiger partial charge in [0.05, 0.1) is 36.6 Å². The number of carbonyl (C=O) groups is 2. The molecule has 0 saturated heterocycles. The van der Waals surface area contributed by atoms with Gasteiger partial charge in [0.1, 0.15) is 0 Å². The second-order valence-corrected chi connectivity index (χ2v) is 3.64. The van der Waals surface area contributed by atoms with E-state index in [-0.39, 0.29) is 12.4 Å². The van der Waals surface area contributed by atoms with E-state index < -0.39 is 5.97 Å². The van der Waals surface area contributed by atoms with E-state index in [1.165, 1.54) is 0 Å². The number of nitrogens with zero attached hydrogens (tertiary/aromatic N) is 1. The van der Waals surface area contributed by atoms with Crippen LogP contribution in [0.2, 0.25) is 0 Å². The largest absolute Gasteiger partial charge is 0.466 e. The van der Waals surface area contributed by atoms with Crippen LogP contribution < -0.4 is 0 Å². The van der Waals surface area contributed by atoms with Crippen LogP contribution in [0.3, 0.4) is 0 Å². The molecule has 0 aromatic carbocycles. The van der Waals surface area contributed by atoms with Crippen molar-refractivity contribution >= 4 is 11.9 Å². The van der Waals surface area contributed by atoms with Gasteiger partial charge in [0.2, 0.25) is 0 Å². The Balaban J connectivity index is 2.79. The number of aromatic nitrogens is 1. The Morgan fingerprint density at radius 2 is 1.83 bits per heavy atom. The lowest BCUT2D eigenvalue weighted by molar-refractivity contribution is -0.142. The van der Waals surface area contributed by atoms with E-state index >= 15 is 0 Å². The Labute approximate surface area is 106 Å². The summed E-state index contributed by atoms with van der Waals surface area (Å²) in [5.41, 5.74) is 1.55. The lowest BCUT2D eigenvalue weighted by atomic mass is 10.1. The third kappa shape index (κ3) is 3.84. The molecule has 1 rings (SSSR count). The second kappa shape index (κ2) is 6.74. The Kier molecular flexibility index (Phi) is 5.30. The molecule has 1 aromatic rings. The van der Waals surface area contributed by atoms with Crippen LogP contribution in [0.1, 0.15) is 35.6 Å². The maximum atomic E-state index is 11.5. The smallest absolute Gasteiger partial charge is 0.339 e. The summed E-state index contributed by atoms with van der Waals surface area (Å²) in [5.74, 6) is -0.724. The van der Waals surface area contributed by atoms with Crippen molar-refractivity contribution in [2.45, 2.75) is 27.2 Å². The van der Waals surface area contributed by atoms with Crippen molar-refractivity contribution in [3.05, 3.63) is 29.1 Å². The molecule has 0 aliphatic rings. The molecule has 0 saturated carbocycles. The van der Waals surface area contributed by atoms with Gasteiger partial charge in [-0.1, -0.05) is 0 Å². The van der Waals surface area contributed by atoms with Gasteiger partial charge in [0, 0.05) is 0 Å². The SMILES string of the molecule is CCOC(=O)Cc1ccc(C(=O)OCC)c(C)n1. The summed E-state index contributed by atoms with van der Waals surface area (Å²) < 4.78 is 9.73. The Morgan fingerprint density at radius 3 is 2.39 bits per heavy atom. The molecule has 1 heterocycles. The number of rotatable bonds is 5. The summed E-state index contributed by atoms with van der Waals surface area (Å²) >= 11 is 0. The molecule has 0 aliphatic carbocycles. The highest BCUT2D eigenvalue weighted by Crippen LogP contribution is 2.09. The molecule has 0 bridgehead atoms. The highest BCUT2D eigenvalue weighted by atomic mass is 16.5. The Hall–Kier alpha value is -1.91. The first-order chi connectivity index (χ1) is 8.58. The number of pyridine rings is 1. The molecule has 98 valence electrons. The molecule has 0 unspecified atom stereocenters. The van der Waals surface area contributed by atoms with Crippen LogP contribution in [0, 0.1) is 6.92 Å². The highest BCUT2D eigenvalue weighted by molar-refractivity contribution is 5.90. The first kappa shape index (κ1) is 14.2. The first-order valence-corrected chi connectivity index (χ1v) is 5.87. The summed E-state index contributed by atoms with van der Waals surface area (Å²) in [5, 5.41) is 0. The minimum Gasteiger partial charge on any atom is -0.466 e. The van der Waals surface area contributed by atoms with Gasteiger partial charge < -0.3 is 9.47 Å². The van der Waals surface area contributed by atoms with Crippen molar-refractivity contribution in [3.8, 4) is 0 Å². The molecule has 5 nitrogen and oxygen atoms in total. The predicted octanol–water partition coefficient (Wildman–Crippen LogP) is 1.67. The Bertz CT molecular complexity index is 443. The number of hydrogen-bond donors (Lipinski definition) is 0. The first-order valence-electron chi connectivity index (χ1n) is 5.87. The van der Waals surface area contributed by atoms with Crippen LogP contribution in [0.4, 0.5) is 0 Å². The minimum atomic E-state index is -0.398. The molecule has 0 atom stereocenters. The van der Waals surface area contributed by atoms with E-state index in [1.807, 2.05) is 0 Å². The maximum Gasteiger partial charge on any atom is 0.339 e. The topological polar surface area (TPSA) is 65.5 Å². The van der Waals surface area contributed by atoms with Gasteiger partial charge in [-0.2, -0.15) is 0 Å². The molecule has 0 N–H and O–H groups in total. The molecule has 5 heteroatoms. The summed E-state index contributed by atoms with van der Waals surface area (Å²) in [7, 11) is 0. The van der Waals surface area contributed by atoms with E-state index in [4.69, 9.17) is 9.47 Å². The van der Waals surface area contributed by atoms with Gasteiger partial charge in [-0.15, -0.1) is 0 Å². The summed E-state index contributed by atoms with van der Waals surface area (Å²) in [6.07, 6.45) is 0.109. The van der Waals surface area contributed by atoms with Crippen molar-refractivity contribution in [3.63, 3.8) is 0 Å². The monoisotopic (exact) mass is 251 g/mol. The quantitative estimate of drug-likeness (QED) is 0.745. The highest BCUT2D eigenvalue weighted by Gasteiger charge is 2.13. The number of hydrogen-bond acceptors (Lipinski definition) is 5. The minimum absolute atomic E-state index is 0.109. The standard InChI is InChI=1S/C13H17NO4/c1-4-17-12(15)8-10-6-7-11(9(3)14-10)13(16)18-5-2/h6-7H,4-5,8H2,1-3H3.